The standard InChI is InChI=1S/C24H28N2O3S/c1-24(2)15-17-7-10-19(29-3)13-20(17)21(26-24)14-22(27)16-5-8-18(9-6-16)25-23(28)11-12-30-4/h5-10,13-14,26H,11-12,15H2,1-4H3,(H,25,28)/b21-14-. The van der Waals surface area contributed by atoms with Gasteiger partial charge in [-0.3, -0.25) is 9.59 Å². The zero-order valence-corrected chi connectivity index (χ0v) is 18.7. The molecule has 2 N–H and O–H groups in total. The maximum Gasteiger partial charge on any atom is 0.225 e. The van der Waals surface area contributed by atoms with Crippen LogP contribution in [-0.4, -0.2) is 36.3 Å². The molecule has 158 valence electrons. The van der Waals surface area contributed by atoms with E-state index in [2.05, 4.69) is 30.5 Å². The predicted octanol–water partition coefficient (Wildman–Crippen LogP) is 4.53. The molecule has 30 heavy (non-hydrogen) atoms. The summed E-state index contributed by atoms with van der Waals surface area (Å²) in [4.78, 5) is 24.8. The molecule has 6 heteroatoms. The lowest BCUT2D eigenvalue weighted by molar-refractivity contribution is -0.115. The Kier molecular flexibility index (Phi) is 6.87. The molecular formula is C24H28N2O3S. The molecule has 0 spiro atoms. The second kappa shape index (κ2) is 9.39. The first-order valence-corrected chi connectivity index (χ1v) is 11.3. The zero-order chi connectivity index (χ0) is 21.7. The molecule has 0 bridgehead atoms. The number of allylic oxidation sites excluding steroid dienone is 1. The molecule has 2 aromatic rings. The maximum absolute atomic E-state index is 12.9. The van der Waals surface area contributed by atoms with Gasteiger partial charge in [-0.25, -0.2) is 0 Å². The zero-order valence-electron chi connectivity index (χ0n) is 17.9. The molecule has 0 saturated carbocycles. The van der Waals surface area contributed by atoms with Gasteiger partial charge in [0.25, 0.3) is 0 Å². The van der Waals surface area contributed by atoms with E-state index in [4.69, 9.17) is 4.74 Å². The first-order chi connectivity index (χ1) is 14.3. The molecule has 0 saturated heterocycles. The van der Waals surface area contributed by atoms with Crippen LogP contribution in [0, 0.1) is 0 Å². The second-order valence-electron chi connectivity index (χ2n) is 8.00. The van der Waals surface area contributed by atoms with Gasteiger partial charge < -0.3 is 15.4 Å². The van der Waals surface area contributed by atoms with Crippen molar-refractivity contribution < 1.29 is 14.3 Å². The summed E-state index contributed by atoms with van der Waals surface area (Å²) >= 11 is 1.63. The molecule has 1 aliphatic heterocycles. The van der Waals surface area contributed by atoms with E-state index in [1.165, 1.54) is 5.56 Å². The Balaban J connectivity index is 1.81. The van der Waals surface area contributed by atoms with Crippen molar-refractivity contribution >= 4 is 34.8 Å². The SMILES string of the molecule is COc1ccc2c(c1)/C(=C/C(=O)c1ccc(NC(=O)CCSC)cc1)NC(C)(C)C2. The van der Waals surface area contributed by atoms with Gasteiger partial charge in [0.05, 0.1) is 7.11 Å². The molecule has 0 aliphatic carbocycles. The van der Waals surface area contributed by atoms with Crippen LogP contribution in [0.5, 0.6) is 5.75 Å². The lowest BCUT2D eigenvalue weighted by atomic mass is 9.85. The average Bonchev–Trinajstić information content (AvgIpc) is 2.71. The van der Waals surface area contributed by atoms with E-state index in [0.29, 0.717) is 17.7 Å². The Morgan fingerprint density at radius 1 is 1.20 bits per heavy atom. The lowest BCUT2D eigenvalue weighted by Crippen LogP contribution is -2.43. The largest absolute Gasteiger partial charge is 0.497 e. The molecule has 5 nitrogen and oxygen atoms in total. The smallest absolute Gasteiger partial charge is 0.225 e. The van der Waals surface area contributed by atoms with Crippen molar-refractivity contribution in [3.63, 3.8) is 0 Å². The molecule has 0 radical (unpaired) electrons. The number of rotatable bonds is 7. The molecule has 2 aromatic carbocycles. The van der Waals surface area contributed by atoms with E-state index in [0.717, 1.165) is 29.2 Å². The van der Waals surface area contributed by atoms with Crippen molar-refractivity contribution in [1.29, 1.82) is 0 Å². The average molecular weight is 425 g/mol. The highest BCUT2D eigenvalue weighted by atomic mass is 32.2. The fourth-order valence-corrected chi connectivity index (χ4v) is 3.89. The molecule has 3 rings (SSSR count). The summed E-state index contributed by atoms with van der Waals surface area (Å²) < 4.78 is 5.36. The number of nitrogens with one attached hydrogen (secondary N) is 2. The minimum Gasteiger partial charge on any atom is -0.497 e. The summed E-state index contributed by atoms with van der Waals surface area (Å²) in [6.45, 7) is 4.24. The number of fused-ring (bicyclic) bond motifs is 1. The fourth-order valence-electron chi connectivity index (χ4n) is 3.50. The van der Waals surface area contributed by atoms with Crippen LogP contribution in [0.15, 0.2) is 48.5 Å². The minimum absolute atomic E-state index is 0.0234. The Morgan fingerprint density at radius 3 is 2.60 bits per heavy atom. The van der Waals surface area contributed by atoms with Crippen LogP contribution in [0.4, 0.5) is 5.69 Å². The van der Waals surface area contributed by atoms with Crippen molar-refractivity contribution in [2.45, 2.75) is 32.2 Å². The summed E-state index contributed by atoms with van der Waals surface area (Å²) in [7, 11) is 1.64. The Morgan fingerprint density at radius 2 is 1.93 bits per heavy atom. The highest BCUT2D eigenvalue weighted by Gasteiger charge is 2.28. The van der Waals surface area contributed by atoms with Crippen LogP contribution >= 0.6 is 11.8 Å². The molecule has 0 fully saturated rings. The van der Waals surface area contributed by atoms with Crippen molar-refractivity contribution in [1.82, 2.24) is 5.32 Å². The Bertz CT molecular complexity index is 965. The molecular weight excluding hydrogens is 396 g/mol. The van der Waals surface area contributed by atoms with E-state index < -0.39 is 0 Å². The van der Waals surface area contributed by atoms with Crippen molar-refractivity contribution in [2.24, 2.45) is 0 Å². The molecule has 1 aliphatic rings. The summed E-state index contributed by atoms with van der Waals surface area (Å²) in [6, 6.07) is 13.0. The number of ketones is 1. The van der Waals surface area contributed by atoms with Gasteiger partial charge in [0.15, 0.2) is 5.78 Å². The van der Waals surface area contributed by atoms with Gasteiger partial charge in [-0.2, -0.15) is 11.8 Å². The van der Waals surface area contributed by atoms with Crippen LogP contribution in [-0.2, 0) is 11.2 Å². The van der Waals surface area contributed by atoms with Crippen LogP contribution in [0.25, 0.3) is 5.70 Å². The first kappa shape index (κ1) is 22.0. The number of benzene rings is 2. The van der Waals surface area contributed by atoms with E-state index >= 15 is 0 Å². The molecule has 1 amide bonds. The summed E-state index contributed by atoms with van der Waals surface area (Å²) in [5.74, 6) is 1.43. The van der Waals surface area contributed by atoms with Crippen LogP contribution < -0.4 is 15.4 Å². The predicted molar refractivity (Wildman–Crippen MR) is 124 cm³/mol. The maximum atomic E-state index is 12.9. The van der Waals surface area contributed by atoms with Gasteiger partial charge >= 0.3 is 0 Å². The van der Waals surface area contributed by atoms with Gasteiger partial charge in [0.2, 0.25) is 5.91 Å². The number of ether oxygens (including phenoxy) is 1. The second-order valence-corrected chi connectivity index (χ2v) is 8.98. The number of carbonyl (C=O) groups excluding carboxylic acids is 2. The van der Waals surface area contributed by atoms with Gasteiger partial charge in [-0.1, -0.05) is 6.07 Å². The number of anilines is 1. The quantitative estimate of drug-likeness (QED) is 0.505. The highest BCUT2D eigenvalue weighted by molar-refractivity contribution is 7.98. The van der Waals surface area contributed by atoms with Crippen molar-refractivity contribution in [3.8, 4) is 5.75 Å². The van der Waals surface area contributed by atoms with Crippen molar-refractivity contribution in [2.75, 3.05) is 24.4 Å². The summed E-state index contributed by atoms with van der Waals surface area (Å²) in [5.41, 5.74) is 4.07. The number of hydrogen-bond acceptors (Lipinski definition) is 5. The number of hydrogen-bond donors (Lipinski definition) is 2. The Hall–Kier alpha value is -2.73. The van der Waals surface area contributed by atoms with Gasteiger partial charge in [0, 0.05) is 46.3 Å². The molecule has 0 atom stereocenters. The normalized spacial score (nSPS) is 15.8. The fraction of sp³-hybridized carbons (Fsp3) is 0.333. The highest BCUT2D eigenvalue weighted by Crippen LogP contribution is 2.32. The topological polar surface area (TPSA) is 67.4 Å². The van der Waals surface area contributed by atoms with E-state index in [1.54, 1.807) is 49.2 Å². The summed E-state index contributed by atoms with van der Waals surface area (Å²) in [6.07, 6.45) is 4.95. The molecule has 0 unspecified atom stereocenters. The van der Waals surface area contributed by atoms with Crippen LogP contribution in [0.3, 0.4) is 0 Å². The first-order valence-electron chi connectivity index (χ1n) is 9.91. The van der Waals surface area contributed by atoms with Crippen LogP contribution in [0.2, 0.25) is 0 Å². The third-order valence-electron chi connectivity index (χ3n) is 4.97. The number of thioether (sulfide) groups is 1. The van der Waals surface area contributed by atoms with Gasteiger partial charge in [-0.05, 0) is 68.5 Å². The molecule has 0 aromatic heterocycles. The van der Waals surface area contributed by atoms with Crippen molar-refractivity contribution in [3.05, 3.63) is 65.2 Å². The minimum atomic E-state index is -0.154. The lowest BCUT2D eigenvalue weighted by Gasteiger charge is -2.35. The van der Waals surface area contributed by atoms with Gasteiger partial charge in [-0.15, -0.1) is 0 Å². The number of amides is 1. The Labute approximate surface area is 182 Å². The van der Waals surface area contributed by atoms with Crippen LogP contribution in [0.1, 0.15) is 41.8 Å². The third kappa shape index (κ3) is 5.45. The number of carbonyl (C=O) groups is 2. The van der Waals surface area contributed by atoms with Gasteiger partial charge in [0.1, 0.15) is 5.75 Å². The number of methoxy groups -OCH3 is 1. The monoisotopic (exact) mass is 424 g/mol. The molecule has 1 heterocycles. The van der Waals surface area contributed by atoms with E-state index in [9.17, 15) is 9.59 Å². The van der Waals surface area contributed by atoms with E-state index in [1.807, 2.05) is 18.4 Å². The van der Waals surface area contributed by atoms with E-state index in [-0.39, 0.29) is 17.2 Å². The summed E-state index contributed by atoms with van der Waals surface area (Å²) in [5, 5.41) is 6.34. The third-order valence-corrected chi connectivity index (χ3v) is 5.59.